The second-order valence-electron chi connectivity index (χ2n) is 6.38. The van der Waals surface area contributed by atoms with E-state index in [0.717, 1.165) is 53.5 Å². The van der Waals surface area contributed by atoms with E-state index in [-0.39, 0.29) is 11.7 Å². The highest BCUT2D eigenvalue weighted by atomic mass is 16.5. The van der Waals surface area contributed by atoms with Crippen LogP contribution in [0.1, 0.15) is 42.6 Å². The first-order valence-electron chi connectivity index (χ1n) is 8.52. The van der Waals surface area contributed by atoms with Crippen LogP contribution in [0.4, 0.5) is 0 Å². The van der Waals surface area contributed by atoms with E-state index < -0.39 is 0 Å². The maximum atomic E-state index is 12.2. The number of fused-ring (bicyclic) bond motifs is 3. The van der Waals surface area contributed by atoms with E-state index in [1.165, 1.54) is 0 Å². The molecule has 1 aliphatic carbocycles. The number of aryl methyl sites for hydroxylation is 1. The van der Waals surface area contributed by atoms with Crippen molar-refractivity contribution in [3.8, 4) is 5.75 Å². The average Bonchev–Trinajstić information content (AvgIpc) is 2.62. The third-order valence-electron chi connectivity index (χ3n) is 4.78. The van der Waals surface area contributed by atoms with Gasteiger partial charge in [-0.3, -0.25) is 0 Å². The highest BCUT2D eigenvalue weighted by Gasteiger charge is 2.18. The molecule has 3 heteroatoms. The van der Waals surface area contributed by atoms with E-state index in [9.17, 15) is 4.79 Å². The molecule has 24 heavy (non-hydrogen) atoms. The summed E-state index contributed by atoms with van der Waals surface area (Å²) in [6, 6.07) is 15.9. The average molecular weight is 320 g/mol. The van der Waals surface area contributed by atoms with Gasteiger partial charge in [-0.15, -0.1) is 0 Å². The molecule has 0 radical (unpaired) electrons. The minimum absolute atomic E-state index is 0.0620. The molecule has 1 heterocycles. The van der Waals surface area contributed by atoms with Crippen molar-refractivity contribution in [1.82, 2.24) is 0 Å². The zero-order chi connectivity index (χ0) is 16.5. The quantitative estimate of drug-likeness (QED) is 0.650. The van der Waals surface area contributed by atoms with Gasteiger partial charge >= 0.3 is 5.63 Å². The number of benzene rings is 2. The lowest BCUT2D eigenvalue weighted by Crippen LogP contribution is -2.15. The van der Waals surface area contributed by atoms with Crippen molar-refractivity contribution >= 4 is 11.0 Å². The summed E-state index contributed by atoms with van der Waals surface area (Å²) in [6.45, 7) is 2.02. The van der Waals surface area contributed by atoms with Gasteiger partial charge in [-0.1, -0.05) is 30.3 Å². The van der Waals surface area contributed by atoms with Crippen LogP contribution in [0.5, 0.6) is 5.75 Å². The fourth-order valence-corrected chi connectivity index (χ4v) is 3.50. The fourth-order valence-electron chi connectivity index (χ4n) is 3.50. The molecular weight excluding hydrogens is 300 g/mol. The summed E-state index contributed by atoms with van der Waals surface area (Å²) in [5.74, 6) is 0.720. The maximum Gasteiger partial charge on any atom is 0.339 e. The zero-order valence-corrected chi connectivity index (χ0v) is 13.7. The molecule has 3 nitrogen and oxygen atoms in total. The molecule has 1 aromatic heterocycles. The summed E-state index contributed by atoms with van der Waals surface area (Å²) >= 11 is 0. The Balaban J connectivity index is 1.70. The van der Waals surface area contributed by atoms with E-state index in [0.29, 0.717) is 5.58 Å². The molecule has 4 rings (SSSR count). The van der Waals surface area contributed by atoms with Crippen molar-refractivity contribution in [2.75, 3.05) is 0 Å². The Hall–Kier alpha value is -2.55. The molecular formula is C21H20O3. The van der Waals surface area contributed by atoms with E-state index in [2.05, 4.69) is 0 Å². The second-order valence-corrected chi connectivity index (χ2v) is 6.38. The number of rotatable bonds is 3. The fraction of sp³-hybridized carbons (Fsp3) is 0.286. The molecule has 3 aromatic rings. The van der Waals surface area contributed by atoms with Gasteiger partial charge in [0.1, 0.15) is 17.4 Å². The van der Waals surface area contributed by atoms with Crippen molar-refractivity contribution in [2.24, 2.45) is 0 Å². The molecule has 1 atom stereocenters. The first-order valence-corrected chi connectivity index (χ1v) is 8.52. The van der Waals surface area contributed by atoms with Crippen LogP contribution >= 0.6 is 0 Å². The molecule has 0 spiro atoms. The summed E-state index contributed by atoms with van der Waals surface area (Å²) in [5.41, 5.74) is 3.57. The number of hydrogen-bond acceptors (Lipinski definition) is 3. The van der Waals surface area contributed by atoms with Crippen LogP contribution in [-0.2, 0) is 12.8 Å². The summed E-state index contributed by atoms with van der Waals surface area (Å²) in [6.07, 6.45) is 3.93. The lowest BCUT2D eigenvalue weighted by molar-refractivity contribution is 0.227. The Morgan fingerprint density at radius 2 is 1.75 bits per heavy atom. The SMILES string of the molecule is CC(Oc1ccc2c3c(c(=O)oc2c1)CCCC3)c1ccccc1. The third kappa shape index (κ3) is 2.71. The van der Waals surface area contributed by atoms with Crippen LogP contribution in [-0.4, -0.2) is 0 Å². The van der Waals surface area contributed by atoms with Gasteiger partial charge in [0.25, 0.3) is 0 Å². The van der Waals surface area contributed by atoms with Gasteiger partial charge in [0.15, 0.2) is 0 Å². The Morgan fingerprint density at radius 3 is 2.54 bits per heavy atom. The molecule has 0 fully saturated rings. The molecule has 0 aliphatic heterocycles. The summed E-state index contributed by atoms with van der Waals surface area (Å²) in [7, 11) is 0. The van der Waals surface area contributed by atoms with Crippen molar-refractivity contribution in [3.05, 3.63) is 75.6 Å². The highest BCUT2D eigenvalue weighted by molar-refractivity contribution is 5.82. The molecule has 0 saturated heterocycles. The smallest absolute Gasteiger partial charge is 0.339 e. The molecule has 1 unspecified atom stereocenters. The van der Waals surface area contributed by atoms with Gasteiger partial charge in [-0.05, 0) is 55.9 Å². The van der Waals surface area contributed by atoms with E-state index >= 15 is 0 Å². The van der Waals surface area contributed by atoms with Crippen LogP contribution < -0.4 is 10.4 Å². The minimum Gasteiger partial charge on any atom is -0.486 e. The molecule has 0 amide bonds. The lowest BCUT2D eigenvalue weighted by Gasteiger charge is -2.18. The van der Waals surface area contributed by atoms with E-state index in [4.69, 9.17) is 9.15 Å². The first-order chi connectivity index (χ1) is 11.7. The molecule has 122 valence electrons. The molecule has 2 aromatic carbocycles. The van der Waals surface area contributed by atoms with Crippen LogP contribution in [0.25, 0.3) is 11.0 Å². The van der Waals surface area contributed by atoms with E-state index in [1.807, 2.05) is 55.5 Å². The first kappa shape index (κ1) is 15.0. The van der Waals surface area contributed by atoms with Crippen LogP contribution in [0, 0.1) is 0 Å². The second kappa shape index (κ2) is 6.16. The largest absolute Gasteiger partial charge is 0.486 e. The van der Waals surface area contributed by atoms with Crippen molar-refractivity contribution in [2.45, 2.75) is 38.7 Å². The standard InChI is InChI=1S/C21H20O3/c1-14(15-7-3-2-4-8-15)23-16-11-12-18-17-9-5-6-10-19(17)21(22)24-20(18)13-16/h2-4,7-8,11-14H,5-6,9-10H2,1H3. The van der Waals surface area contributed by atoms with Crippen molar-refractivity contribution < 1.29 is 9.15 Å². The topological polar surface area (TPSA) is 39.4 Å². The Kier molecular flexibility index (Phi) is 3.85. The van der Waals surface area contributed by atoms with Gasteiger partial charge in [-0.25, -0.2) is 4.79 Å². The Morgan fingerprint density at radius 1 is 1.00 bits per heavy atom. The molecule has 0 bridgehead atoms. The molecule has 0 saturated carbocycles. The summed E-state index contributed by atoms with van der Waals surface area (Å²) < 4.78 is 11.6. The van der Waals surface area contributed by atoms with Gasteiger partial charge < -0.3 is 9.15 Å². The lowest BCUT2D eigenvalue weighted by atomic mass is 9.91. The summed E-state index contributed by atoms with van der Waals surface area (Å²) in [4.78, 5) is 12.2. The van der Waals surface area contributed by atoms with Gasteiger partial charge in [0.05, 0.1) is 0 Å². The van der Waals surface area contributed by atoms with E-state index in [1.54, 1.807) is 0 Å². The predicted molar refractivity (Wildman–Crippen MR) is 94.6 cm³/mol. The van der Waals surface area contributed by atoms with Crippen molar-refractivity contribution in [1.29, 1.82) is 0 Å². The highest BCUT2D eigenvalue weighted by Crippen LogP contribution is 2.30. The predicted octanol–water partition coefficient (Wildman–Crippen LogP) is 4.81. The number of hydrogen-bond donors (Lipinski definition) is 0. The summed E-state index contributed by atoms with van der Waals surface area (Å²) in [5, 5.41) is 1.05. The Labute approximate surface area is 140 Å². The molecule has 1 aliphatic rings. The maximum absolute atomic E-state index is 12.2. The Bertz CT molecular complexity index is 925. The van der Waals surface area contributed by atoms with Gasteiger partial charge in [0.2, 0.25) is 0 Å². The van der Waals surface area contributed by atoms with Gasteiger partial charge in [-0.2, -0.15) is 0 Å². The number of ether oxygens (including phenoxy) is 1. The monoisotopic (exact) mass is 320 g/mol. The van der Waals surface area contributed by atoms with Crippen LogP contribution in [0.15, 0.2) is 57.7 Å². The van der Waals surface area contributed by atoms with Gasteiger partial charge in [0, 0.05) is 17.0 Å². The minimum atomic E-state index is -0.189. The van der Waals surface area contributed by atoms with Crippen molar-refractivity contribution in [3.63, 3.8) is 0 Å². The normalized spacial score (nSPS) is 15.0. The van der Waals surface area contributed by atoms with Crippen LogP contribution in [0.3, 0.4) is 0 Å². The molecule has 0 N–H and O–H groups in total. The van der Waals surface area contributed by atoms with Crippen LogP contribution in [0.2, 0.25) is 0 Å². The zero-order valence-electron chi connectivity index (χ0n) is 13.7. The third-order valence-corrected chi connectivity index (χ3v) is 4.78.